The van der Waals surface area contributed by atoms with E-state index in [0.29, 0.717) is 11.3 Å². The molecule has 0 amide bonds. The van der Waals surface area contributed by atoms with Crippen molar-refractivity contribution in [1.29, 1.82) is 0 Å². The lowest BCUT2D eigenvalue weighted by atomic mass is 10.2. The summed E-state index contributed by atoms with van der Waals surface area (Å²) in [4.78, 5) is 15.2. The van der Waals surface area contributed by atoms with Gasteiger partial charge in [-0.3, -0.25) is 4.98 Å². The molecule has 0 N–H and O–H groups in total. The van der Waals surface area contributed by atoms with E-state index in [-0.39, 0.29) is 12.1 Å². The van der Waals surface area contributed by atoms with Crippen LogP contribution >= 0.6 is 0 Å². The van der Waals surface area contributed by atoms with Gasteiger partial charge in [-0.2, -0.15) is 0 Å². The van der Waals surface area contributed by atoms with Crippen molar-refractivity contribution in [1.82, 2.24) is 4.98 Å². The molecule has 2 rings (SSSR count). The molecule has 1 saturated carbocycles. The second kappa shape index (κ2) is 3.65. The third kappa shape index (κ3) is 1.84. The molecule has 1 aromatic rings. The number of carbonyl (C=O) groups excluding carboxylic acids is 1. The largest absolute Gasteiger partial charge is 0.488 e. The number of nitrogens with zero attached hydrogens (tertiary/aromatic N) is 1. The zero-order valence-electron chi connectivity index (χ0n) is 7.90. The number of pyridine rings is 1. The van der Waals surface area contributed by atoms with Gasteiger partial charge in [-0.25, -0.2) is 4.79 Å². The Morgan fingerprint density at radius 3 is 3.00 bits per heavy atom. The third-order valence-corrected chi connectivity index (χ3v) is 2.01. The molecule has 1 fully saturated rings. The lowest BCUT2D eigenvalue weighted by Crippen LogP contribution is -2.07. The summed E-state index contributed by atoms with van der Waals surface area (Å²) in [6, 6.07) is 1.60. The van der Waals surface area contributed by atoms with Gasteiger partial charge in [0.2, 0.25) is 0 Å². The molecule has 0 bridgehead atoms. The highest BCUT2D eigenvalue weighted by atomic mass is 16.5. The SMILES string of the molecule is COC(=O)c1ccncc1OC1CC1. The molecular formula is C10H11NO3. The molecule has 14 heavy (non-hydrogen) atoms. The maximum Gasteiger partial charge on any atom is 0.341 e. The van der Waals surface area contributed by atoms with Gasteiger partial charge < -0.3 is 9.47 Å². The van der Waals surface area contributed by atoms with E-state index in [1.165, 1.54) is 7.11 Å². The fourth-order valence-electron chi connectivity index (χ4n) is 1.12. The zero-order chi connectivity index (χ0) is 9.97. The lowest BCUT2D eigenvalue weighted by molar-refractivity contribution is 0.0595. The fourth-order valence-corrected chi connectivity index (χ4v) is 1.12. The smallest absolute Gasteiger partial charge is 0.341 e. The van der Waals surface area contributed by atoms with Crippen LogP contribution in [0.15, 0.2) is 18.5 Å². The molecular weight excluding hydrogens is 182 g/mol. The molecule has 0 aromatic carbocycles. The number of ether oxygens (including phenoxy) is 2. The van der Waals surface area contributed by atoms with Gasteiger partial charge in [0, 0.05) is 6.20 Å². The molecule has 0 unspecified atom stereocenters. The molecule has 0 radical (unpaired) electrons. The van der Waals surface area contributed by atoms with Crippen LogP contribution in [-0.4, -0.2) is 24.2 Å². The van der Waals surface area contributed by atoms with Crippen molar-refractivity contribution in [3.63, 3.8) is 0 Å². The van der Waals surface area contributed by atoms with Crippen molar-refractivity contribution in [2.75, 3.05) is 7.11 Å². The minimum Gasteiger partial charge on any atom is -0.488 e. The quantitative estimate of drug-likeness (QED) is 0.681. The van der Waals surface area contributed by atoms with Crippen molar-refractivity contribution in [2.45, 2.75) is 18.9 Å². The van der Waals surface area contributed by atoms with E-state index in [4.69, 9.17) is 4.74 Å². The summed E-state index contributed by atoms with van der Waals surface area (Å²) in [6.07, 6.45) is 5.45. The molecule has 74 valence electrons. The van der Waals surface area contributed by atoms with Crippen LogP contribution in [0.4, 0.5) is 0 Å². The molecule has 1 aliphatic carbocycles. The standard InChI is InChI=1S/C10H11NO3/c1-13-10(12)8-4-5-11-6-9(8)14-7-2-3-7/h4-7H,2-3H2,1H3. The second-order valence-electron chi connectivity index (χ2n) is 3.18. The highest BCUT2D eigenvalue weighted by Gasteiger charge is 2.25. The predicted molar refractivity (Wildman–Crippen MR) is 49.2 cm³/mol. The van der Waals surface area contributed by atoms with Gasteiger partial charge in [0.1, 0.15) is 5.56 Å². The van der Waals surface area contributed by atoms with Crippen LogP contribution in [0.2, 0.25) is 0 Å². The van der Waals surface area contributed by atoms with Crippen LogP contribution in [0.3, 0.4) is 0 Å². The topological polar surface area (TPSA) is 48.4 Å². The van der Waals surface area contributed by atoms with E-state index in [1.54, 1.807) is 18.5 Å². The minimum atomic E-state index is -0.386. The van der Waals surface area contributed by atoms with Gasteiger partial charge in [0.15, 0.2) is 5.75 Å². The lowest BCUT2D eigenvalue weighted by Gasteiger charge is -2.07. The summed E-state index contributed by atoms with van der Waals surface area (Å²) < 4.78 is 10.1. The normalized spacial score (nSPS) is 14.9. The van der Waals surface area contributed by atoms with Crippen molar-refractivity contribution in [2.24, 2.45) is 0 Å². The molecule has 4 nitrogen and oxygen atoms in total. The maximum absolute atomic E-state index is 11.3. The van der Waals surface area contributed by atoms with E-state index in [9.17, 15) is 4.79 Å². The van der Waals surface area contributed by atoms with E-state index in [1.807, 2.05) is 0 Å². The molecule has 0 saturated heterocycles. The van der Waals surface area contributed by atoms with Crippen LogP contribution in [0.25, 0.3) is 0 Å². The number of methoxy groups -OCH3 is 1. The average Bonchev–Trinajstić information content (AvgIpc) is 3.01. The van der Waals surface area contributed by atoms with Crippen molar-refractivity contribution < 1.29 is 14.3 Å². The summed E-state index contributed by atoms with van der Waals surface area (Å²) in [5, 5.41) is 0. The first-order valence-electron chi connectivity index (χ1n) is 4.50. The number of hydrogen-bond acceptors (Lipinski definition) is 4. The van der Waals surface area contributed by atoms with Gasteiger partial charge in [-0.1, -0.05) is 0 Å². The molecule has 0 spiro atoms. The molecule has 0 atom stereocenters. The Hall–Kier alpha value is -1.58. The first-order valence-corrected chi connectivity index (χ1v) is 4.50. The van der Waals surface area contributed by atoms with E-state index in [2.05, 4.69) is 9.72 Å². The van der Waals surface area contributed by atoms with Crippen LogP contribution in [-0.2, 0) is 4.74 Å². The van der Waals surface area contributed by atoms with Gasteiger partial charge in [-0.05, 0) is 18.9 Å². The summed E-state index contributed by atoms with van der Waals surface area (Å²) in [7, 11) is 1.35. The van der Waals surface area contributed by atoms with Gasteiger partial charge in [-0.15, -0.1) is 0 Å². The number of rotatable bonds is 3. The predicted octanol–water partition coefficient (Wildman–Crippen LogP) is 1.41. The van der Waals surface area contributed by atoms with Crippen molar-refractivity contribution in [3.8, 4) is 5.75 Å². The van der Waals surface area contributed by atoms with Gasteiger partial charge in [0.25, 0.3) is 0 Å². The Morgan fingerprint density at radius 2 is 2.36 bits per heavy atom. The van der Waals surface area contributed by atoms with E-state index < -0.39 is 0 Å². The Labute approximate surface area is 81.9 Å². The van der Waals surface area contributed by atoms with Crippen LogP contribution in [0, 0.1) is 0 Å². The number of hydrogen-bond donors (Lipinski definition) is 0. The number of esters is 1. The molecule has 4 heteroatoms. The Bertz CT molecular complexity index is 347. The highest BCUT2D eigenvalue weighted by Crippen LogP contribution is 2.28. The molecule has 1 aromatic heterocycles. The van der Waals surface area contributed by atoms with E-state index in [0.717, 1.165) is 12.8 Å². The Kier molecular flexibility index (Phi) is 2.35. The number of aromatic nitrogens is 1. The fraction of sp³-hybridized carbons (Fsp3) is 0.400. The van der Waals surface area contributed by atoms with Crippen molar-refractivity contribution in [3.05, 3.63) is 24.0 Å². The maximum atomic E-state index is 11.3. The summed E-state index contributed by atoms with van der Waals surface area (Å²) in [5.41, 5.74) is 0.439. The summed E-state index contributed by atoms with van der Waals surface area (Å²) >= 11 is 0. The second-order valence-corrected chi connectivity index (χ2v) is 3.18. The van der Waals surface area contributed by atoms with Crippen LogP contribution in [0.5, 0.6) is 5.75 Å². The van der Waals surface area contributed by atoms with E-state index >= 15 is 0 Å². The first-order chi connectivity index (χ1) is 6.81. The minimum absolute atomic E-state index is 0.252. The molecule has 1 aliphatic rings. The molecule has 0 aliphatic heterocycles. The van der Waals surface area contributed by atoms with Gasteiger partial charge in [0.05, 0.1) is 19.4 Å². The average molecular weight is 193 g/mol. The number of carbonyl (C=O) groups is 1. The summed E-state index contributed by atoms with van der Waals surface area (Å²) in [5.74, 6) is 0.130. The van der Waals surface area contributed by atoms with Crippen LogP contribution in [0.1, 0.15) is 23.2 Å². The first kappa shape index (κ1) is 8.99. The monoisotopic (exact) mass is 193 g/mol. The molecule has 1 heterocycles. The van der Waals surface area contributed by atoms with Crippen molar-refractivity contribution >= 4 is 5.97 Å². The Balaban J connectivity index is 2.22. The Morgan fingerprint density at radius 1 is 1.57 bits per heavy atom. The summed E-state index contributed by atoms with van der Waals surface area (Å²) in [6.45, 7) is 0. The zero-order valence-corrected chi connectivity index (χ0v) is 7.90. The highest BCUT2D eigenvalue weighted by molar-refractivity contribution is 5.92. The van der Waals surface area contributed by atoms with Gasteiger partial charge >= 0.3 is 5.97 Å². The third-order valence-electron chi connectivity index (χ3n) is 2.01. The van der Waals surface area contributed by atoms with Crippen LogP contribution < -0.4 is 4.74 Å².